The summed E-state index contributed by atoms with van der Waals surface area (Å²) in [5.41, 5.74) is 4.00. The van der Waals surface area contributed by atoms with Crippen molar-refractivity contribution in [3.63, 3.8) is 0 Å². The van der Waals surface area contributed by atoms with E-state index in [2.05, 4.69) is 20.9 Å². The lowest BCUT2D eigenvalue weighted by atomic mass is 10.2. The van der Waals surface area contributed by atoms with E-state index in [0.29, 0.717) is 0 Å². The fourth-order valence-electron chi connectivity index (χ4n) is 2.45. The van der Waals surface area contributed by atoms with Gasteiger partial charge in [0.2, 0.25) is 0 Å². The van der Waals surface area contributed by atoms with Crippen molar-refractivity contribution in [1.82, 2.24) is 9.55 Å². The summed E-state index contributed by atoms with van der Waals surface area (Å²) >= 11 is 0. The molecule has 14 heavy (non-hydrogen) atoms. The molecule has 0 atom stereocenters. The maximum absolute atomic E-state index is 4.19. The molecule has 1 N–H and O–H groups in total. The van der Waals surface area contributed by atoms with Gasteiger partial charge in [0.15, 0.2) is 0 Å². The molecule has 1 aliphatic heterocycles. The molecule has 0 unspecified atom stereocenters. The van der Waals surface area contributed by atoms with Gasteiger partial charge in [0.1, 0.15) is 0 Å². The van der Waals surface area contributed by atoms with Gasteiger partial charge in [-0.25, -0.2) is 0 Å². The second-order valence-electron chi connectivity index (χ2n) is 3.72. The number of aryl methyl sites for hydroxylation is 1. The molecule has 0 fully saturated rings. The smallest absolute Gasteiger partial charge is 0.0690 e. The molecule has 0 bridgehead atoms. The molecular formula is C11H13N3. The zero-order chi connectivity index (χ0) is 9.54. The number of fused-ring (bicyclic) bond motifs is 3. The Morgan fingerprint density at radius 2 is 2.43 bits per heavy atom. The molecule has 2 aromatic heterocycles. The lowest BCUT2D eigenvalue weighted by Gasteiger charge is -1.99. The summed E-state index contributed by atoms with van der Waals surface area (Å²) < 4.78 is 2.38. The molecule has 0 saturated heterocycles. The molecule has 0 aliphatic carbocycles. The van der Waals surface area contributed by atoms with Crippen LogP contribution in [-0.2, 0) is 13.0 Å². The Labute approximate surface area is 82.8 Å². The van der Waals surface area contributed by atoms with Crippen LogP contribution < -0.4 is 5.32 Å². The highest BCUT2D eigenvalue weighted by atomic mass is 15.0. The average Bonchev–Trinajstić information content (AvgIpc) is 2.77. The second-order valence-corrected chi connectivity index (χ2v) is 3.72. The molecular weight excluding hydrogens is 174 g/mol. The summed E-state index contributed by atoms with van der Waals surface area (Å²) in [6, 6.07) is 2.09. The van der Waals surface area contributed by atoms with E-state index in [1.165, 1.54) is 35.1 Å². The summed E-state index contributed by atoms with van der Waals surface area (Å²) in [5.74, 6) is 0. The zero-order valence-electron chi connectivity index (χ0n) is 8.25. The van der Waals surface area contributed by atoms with Gasteiger partial charge in [0.25, 0.3) is 0 Å². The Bertz CT molecular complexity index is 469. The predicted molar refractivity (Wildman–Crippen MR) is 57.6 cm³/mol. The minimum absolute atomic E-state index is 1.14. The molecule has 0 spiro atoms. The summed E-state index contributed by atoms with van der Waals surface area (Å²) in [6.45, 7) is 1.14. The Morgan fingerprint density at radius 1 is 1.50 bits per heavy atom. The lowest BCUT2D eigenvalue weighted by Crippen LogP contribution is -1.93. The van der Waals surface area contributed by atoms with Crippen molar-refractivity contribution in [1.29, 1.82) is 0 Å². The summed E-state index contributed by atoms with van der Waals surface area (Å²) in [4.78, 5) is 4.19. The molecule has 3 heterocycles. The third-order valence-corrected chi connectivity index (χ3v) is 3.02. The third kappa shape index (κ3) is 0.842. The number of hydrogen-bond donors (Lipinski definition) is 1. The van der Waals surface area contributed by atoms with Crippen molar-refractivity contribution in [3.05, 3.63) is 24.2 Å². The van der Waals surface area contributed by atoms with E-state index >= 15 is 0 Å². The van der Waals surface area contributed by atoms with Gasteiger partial charge in [-0.15, -0.1) is 0 Å². The first-order valence-corrected chi connectivity index (χ1v) is 5.04. The van der Waals surface area contributed by atoms with Crippen LogP contribution in [0.3, 0.4) is 0 Å². The Balaban J connectivity index is 2.43. The average molecular weight is 187 g/mol. The number of nitrogens with zero attached hydrogens (tertiary/aromatic N) is 2. The van der Waals surface area contributed by atoms with Crippen molar-refractivity contribution in [2.75, 3.05) is 12.4 Å². The van der Waals surface area contributed by atoms with Gasteiger partial charge in [-0.3, -0.25) is 4.98 Å². The van der Waals surface area contributed by atoms with Crippen molar-refractivity contribution < 1.29 is 0 Å². The molecule has 0 aromatic carbocycles. The molecule has 1 aliphatic rings. The standard InChI is InChI=1S/C11H13N3/c1-12-11-8-4-5-13-7-10(8)14-6-2-3-9(11)14/h4-5,7,12H,2-3,6H2,1H3. The van der Waals surface area contributed by atoms with Crippen molar-refractivity contribution >= 4 is 16.6 Å². The lowest BCUT2D eigenvalue weighted by molar-refractivity contribution is 0.771. The van der Waals surface area contributed by atoms with Gasteiger partial charge < -0.3 is 9.88 Å². The topological polar surface area (TPSA) is 29.9 Å². The van der Waals surface area contributed by atoms with E-state index < -0.39 is 0 Å². The van der Waals surface area contributed by atoms with Gasteiger partial charge in [0, 0.05) is 30.9 Å². The van der Waals surface area contributed by atoms with Crippen LogP contribution in [0.5, 0.6) is 0 Å². The van der Waals surface area contributed by atoms with Crippen LogP contribution in [0, 0.1) is 0 Å². The SMILES string of the molecule is CNc1c2n(c3cnccc13)CCC2. The number of hydrogen-bond acceptors (Lipinski definition) is 2. The molecule has 2 aromatic rings. The molecule has 0 amide bonds. The van der Waals surface area contributed by atoms with Crippen LogP contribution in [-0.4, -0.2) is 16.6 Å². The molecule has 72 valence electrons. The number of anilines is 1. The molecule has 0 radical (unpaired) electrons. The van der Waals surface area contributed by atoms with Crippen molar-refractivity contribution in [3.8, 4) is 0 Å². The van der Waals surface area contributed by atoms with Crippen LogP contribution >= 0.6 is 0 Å². The fourth-order valence-corrected chi connectivity index (χ4v) is 2.45. The molecule has 3 nitrogen and oxygen atoms in total. The number of rotatable bonds is 1. The monoisotopic (exact) mass is 187 g/mol. The highest BCUT2D eigenvalue weighted by Gasteiger charge is 2.19. The minimum atomic E-state index is 1.14. The molecule has 3 heteroatoms. The highest BCUT2D eigenvalue weighted by Crippen LogP contribution is 2.34. The van der Waals surface area contributed by atoms with E-state index in [0.717, 1.165) is 6.54 Å². The summed E-state index contributed by atoms with van der Waals surface area (Å²) in [7, 11) is 1.99. The molecule has 3 rings (SSSR count). The van der Waals surface area contributed by atoms with Crippen LogP contribution in [0.15, 0.2) is 18.5 Å². The van der Waals surface area contributed by atoms with Crippen molar-refractivity contribution in [2.45, 2.75) is 19.4 Å². The van der Waals surface area contributed by atoms with Crippen LogP contribution in [0.25, 0.3) is 10.9 Å². The summed E-state index contributed by atoms with van der Waals surface area (Å²) in [5, 5.41) is 4.60. The van der Waals surface area contributed by atoms with Crippen LogP contribution in [0.4, 0.5) is 5.69 Å². The number of pyridine rings is 1. The van der Waals surface area contributed by atoms with Gasteiger partial charge in [0.05, 0.1) is 17.4 Å². The van der Waals surface area contributed by atoms with E-state index in [4.69, 9.17) is 0 Å². The Kier molecular flexibility index (Phi) is 1.54. The predicted octanol–water partition coefficient (Wildman–Crippen LogP) is 2.02. The largest absolute Gasteiger partial charge is 0.386 e. The van der Waals surface area contributed by atoms with E-state index in [1.807, 2.05) is 19.4 Å². The first-order valence-electron chi connectivity index (χ1n) is 5.04. The quantitative estimate of drug-likeness (QED) is 0.740. The van der Waals surface area contributed by atoms with Gasteiger partial charge in [-0.2, -0.15) is 0 Å². The Morgan fingerprint density at radius 3 is 3.29 bits per heavy atom. The van der Waals surface area contributed by atoms with E-state index in [9.17, 15) is 0 Å². The minimum Gasteiger partial charge on any atom is -0.386 e. The molecule has 0 saturated carbocycles. The fraction of sp³-hybridized carbons (Fsp3) is 0.364. The maximum atomic E-state index is 4.19. The van der Waals surface area contributed by atoms with Crippen LogP contribution in [0.1, 0.15) is 12.1 Å². The highest BCUT2D eigenvalue weighted by molar-refractivity contribution is 5.94. The van der Waals surface area contributed by atoms with Crippen molar-refractivity contribution in [2.24, 2.45) is 0 Å². The van der Waals surface area contributed by atoms with Gasteiger partial charge in [-0.05, 0) is 18.9 Å². The maximum Gasteiger partial charge on any atom is 0.0690 e. The second kappa shape index (κ2) is 2.74. The van der Waals surface area contributed by atoms with Crippen LogP contribution in [0.2, 0.25) is 0 Å². The van der Waals surface area contributed by atoms with Gasteiger partial charge >= 0.3 is 0 Å². The van der Waals surface area contributed by atoms with E-state index in [1.54, 1.807) is 0 Å². The Hall–Kier alpha value is -1.51. The first-order chi connectivity index (χ1) is 6.92. The zero-order valence-corrected chi connectivity index (χ0v) is 8.25. The third-order valence-electron chi connectivity index (χ3n) is 3.02. The first kappa shape index (κ1) is 7.85. The number of nitrogens with one attached hydrogen (secondary N) is 1. The van der Waals surface area contributed by atoms with E-state index in [-0.39, 0.29) is 0 Å². The normalized spacial score (nSPS) is 14.6. The van der Waals surface area contributed by atoms with Gasteiger partial charge in [-0.1, -0.05) is 0 Å². The number of aromatic nitrogens is 2. The summed E-state index contributed by atoms with van der Waals surface area (Å²) in [6.07, 6.45) is 6.27.